The lowest BCUT2D eigenvalue weighted by Gasteiger charge is -2.15. The fourth-order valence-electron chi connectivity index (χ4n) is 1.40. The summed E-state index contributed by atoms with van der Waals surface area (Å²) in [7, 11) is -3.12. The van der Waals surface area contributed by atoms with E-state index in [2.05, 4.69) is 0 Å². The van der Waals surface area contributed by atoms with Crippen LogP contribution in [0.2, 0.25) is 0 Å². The van der Waals surface area contributed by atoms with Gasteiger partial charge in [0.25, 0.3) is 0 Å². The Morgan fingerprint density at radius 1 is 1.20 bits per heavy atom. The molecular formula is C11H15ClO2S. The quantitative estimate of drug-likeness (QED) is 0.766. The summed E-state index contributed by atoms with van der Waals surface area (Å²) in [6.45, 7) is 3.41. The second-order valence-electron chi connectivity index (χ2n) is 4.24. The van der Waals surface area contributed by atoms with Gasteiger partial charge in [-0.1, -0.05) is 30.3 Å². The zero-order valence-electron chi connectivity index (χ0n) is 8.90. The van der Waals surface area contributed by atoms with Crippen LogP contribution in [0.1, 0.15) is 19.4 Å². The van der Waals surface area contributed by atoms with Crippen molar-refractivity contribution in [2.75, 3.05) is 5.75 Å². The molecule has 0 aromatic heterocycles. The van der Waals surface area contributed by atoms with Crippen molar-refractivity contribution in [3.8, 4) is 0 Å². The van der Waals surface area contributed by atoms with E-state index in [1.54, 1.807) is 26.0 Å². The van der Waals surface area contributed by atoms with Crippen LogP contribution in [-0.4, -0.2) is 19.0 Å². The van der Waals surface area contributed by atoms with Gasteiger partial charge in [-0.05, 0) is 19.4 Å². The molecule has 15 heavy (non-hydrogen) atoms. The Balaban J connectivity index is 2.74. The minimum Gasteiger partial charge on any atom is -0.228 e. The van der Waals surface area contributed by atoms with E-state index in [-0.39, 0.29) is 11.5 Å². The first kappa shape index (κ1) is 12.5. The van der Waals surface area contributed by atoms with Crippen LogP contribution >= 0.6 is 11.6 Å². The van der Waals surface area contributed by atoms with Gasteiger partial charge in [0.15, 0.2) is 9.84 Å². The molecule has 0 aliphatic carbocycles. The standard InChI is InChI=1S/C11H15ClO2S/c1-11(2,12)9-15(13,14)8-10-6-4-3-5-7-10/h3-7H,8-9H2,1-2H3. The van der Waals surface area contributed by atoms with Gasteiger partial charge in [-0.3, -0.25) is 0 Å². The molecule has 2 nitrogen and oxygen atoms in total. The molecule has 1 aromatic rings. The Hall–Kier alpha value is -0.540. The summed E-state index contributed by atoms with van der Waals surface area (Å²) in [5, 5.41) is 0. The molecule has 1 rings (SSSR count). The van der Waals surface area contributed by atoms with Crippen molar-refractivity contribution in [3.63, 3.8) is 0 Å². The number of hydrogen-bond acceptors (Lipinski definition) is 2. The molecule has 0 radical (unpaired) electrons. The maximum absolute atomic E-state index is 11.7. The number of hydrogen-bond donors (Lipinski definition) is 0. The first-order chi connectivity index (χ1) is 6.79. The van der Waals surface area contributed by atoms with Gasteiger partial charge in [0, 0.05) is 0 Å². The lowest BCUT2D eigenvalue weighted by molar-refractivity contribution is 0.586. The van der Waals surface area contributed by atoms with E-state index in [4.69, 9.17) is 11.6 Å². The Morgan fingerprint density at radius 2 is 1.73 bits per heavy atom. The molecule has 0 spiro atoms. The molecule has 0 heterocycles. The maximum Gasteiger partial charge on any atom is 0.156 e. The lowest BCUT2D eigenvalue weighted by atomic mass is 10.2. The van der Waals surface area contributed by atoms with E-state index >= 15 is 0 Å². The summed E-state index contributed by atoms with van der Waals surface area (Å²) in [4.78, 5) is -0.701. The highest BCUT2D eigenvalue weighted by atomic mass is 35.5. The predicted molar refractivity (Wildman–Crippen MR) is 63.9 cm³/mol. The Morgan fingerprint density at radius 3 is 2.20 bits per heavy atom. The zero-order chi connectivity index (χ0) is 11.5. The highest BCUT2D eigenvalue weighted by Crippen LogP contribution is 2.18. The molecule has 0 saturated heterocycles. The molecule has 0 aliphatic rings. The highest BCUT2D eigenvalue weighted by Gasteiger charge is 2.23. The fourth-order valence-corrected chi connectivity index (χ4v) is 3.75. The van der Waals surface area contributed by atoms with Gasteiger partial charge in [-0.2, -0.15) is 0 Å². The monoisotopic (exact) mass is 246 g/mol. The van der Waals surface area contributed by atoms with E-state index < -0.39 is 14.7 Å². The number of alkyl halides is 1. The number of halogens is 1. The van der Waals surface area contributed by atoms with Crippen molar-refractivity contribution in [2.45, 2.75) is 24.5 Å². The van der Waals surface area contributed by atoms with Gasteiger partial charge in [0.2, 0.25) is 0 Å². The van der Waals surface area contributed by atoms with Crippen LogP contribution in [0.15, 0.2) is 30.3 Å². The Bertz CT molecular complexity index is 404. The molecule has 1 aromatic carbocycles. The van der Waals surface area contributed by atoms with Gasteiger partial charge in [0.05, 0.1) is 16.4 Å². The van der Waals surface area contributed by atoms with Crippen molar-refractivity contribution >= 4 is 21.4 Å². The van der Waals surface area contributed by atoms with Gasteiger partial charge >= 0.3 is 0 Å². The third-order valence-electron chi connectivity index (χ3n) is 1.79. The molecule has 0 fully saturated rings. The molecule has 0 aliphatic heterocycles. The van der Waals surface area contributed by atoms with Crippen LogP contribution in [0.25, 0.3) is 0 Å². The van der Waals surface area contributed by atoms with Crippen molar-refractivity contribution in [2.24, 2.45) is 0 Å². The van der Waals surface area contributed by atoms with E-state index in [9.17, 15) is 8.42 Å². The number of rotatable bonds is 4. The molecule has 0 amide bonds. The minimum absolute atomic E-state index is 0.00352. The summed E-state index contributed by atoms with van der Waals surface area (Å²) in [5.41, 5.74) is 0.804. The molecule has 0 N–H and O–H groups in total. The maximum atomic E-state index is 11.7. The van der Waals surface area contributed by atoms with Crippen molar-refractivity contribution in [1.82, 2.24) is 0 Å². The first-order valence-electron chi connectivity index (χ1n) is 4.72. The summed E-state index contributed by atoms with van der Waals surface area (Å²) in [6.07, 6.45) is 0. The molecule has 0 saturated carbocycles. The van der Waals surface area contributed by atoms with Gasteiger partial charge in [0.1, 0.15) is 0 Å². The average Bonchev–Trinajstić information content (AvgIpc) is 1.99. The summed E-state index contributed by atoms with van der Waals surface area (Å²) < 4.78 is 23.5. The van der Waals surface area contributed by atoms with Crippen LogP contribution in [0.3, 0.4) is 0 Å². The van der Waals surface area contributed by atoms with Crippen LogP contribution < -0.4 is 0 Å². The zero-order valence-corrected chi connectivity index (χ0v) is 10.5. The highest BCUT2D eigenvalue weighted by molar-refractivity contribution is 7.90. The third-order valence-corrected chi connectivity index (χ3v) is 4.02. The molecule has 0 unspecified atom stereocenters. The SMILES string of the molecule is CC(C)(Cl)CS(=O)(=O)Cc1ccccc1. The third kappa shape index (κ3) is 5.19. The second kappa shape index (κ2) is 4.54. The Labute approximate surface area is 96.2 Å². The fraction of sp³-hybridized carbons (Fsp3) is 0.455. The molecule has 0 atom stereocenters. The molecule has 84 valence electrons. The smallest absolute Gasteiger partial charge is 0.156 e. The molecule has 0 bridgehead atoms. The summed E-state index contributed by atoms with van der Waals surface area (Å²) in [6, 6.07) is 9.13. The number of sulfone groups is 1. The van der Waals surface area contributed by atoms with E-state index in [1.807, 2.05) is 18.2 Å². The van der Waals surface area contributed by atoms with Crippen LogP contribution in [0.5, 0.6) is 0 Å². The minimum atomic E-state index is -3.12. The van der Waals surface area contributed by atoms with Crippen molar-refractivity contribution in [1.29, 1.82) is 0 Å². The van der Waals surface area contributed by atoms with E-state index in [0.717, 1.165) is 5.56 Å². The van der Waals surface area contributed by atoms with Crippen LogP contribution in [0, 0.1) is 0 Å². The first-order valence-corrected chi connectivity index (χ1v) is 6.92. The van der Waals surface area contributed by atoms with E-state index in [0.29, 0.717) is 0 Å². The van der Waals surface area contributed by atoms with Crippen LogP contribution in [0.4, 0.5) is 0 Å². The average molecular weight is 247 g/mol. The largest absolute Gasteiger partial charge is 0.228 e. The number of benzene rings is 1. The summed E-state index contributed by atoms with van der Waals surface area (Å²) >= 11 is 5.90. The Kier molecular flexibility index (Phi) is 3.79. The van der Waals surface area contributed by atoms with E-state index in [1.165, 1.54) is 0 Å². The van der Waals surface area contributed by atoms with Crippen LogP contribution in [-0.2, 0) is 15.6 Å². The molecular weight excluding hydrogens is 232 g/mol. The van der Waals surface area contributed by atoms with Crippen molar-refractivity contribution < 1.29 is 8.42 Å². The van der Waals surface area contributed by atoms with Crippen molar-refractivity contribution in [3.05, 3.63) is 35.9 Å². The predicted octanol–water partition coefficient (Wildman–Crippen LogP) is 2.62. The normalized spacial score (nSPS) is 12.7. The lowest BCUT2D eigenvalue weighted by Crippen LogP contribution is -2.25. The second-order valence-corrected chi connectivity index (χ2v) is 7.32. The van der Waals surface area contributed by atoms with Gasteiger partial charge in [-0.15, -0.1) is 11.6 Å². The van der Waals surface area contributed by atoms with Gasteiger partial charge < -0.3 is 0 Å². The summed E-state index contributed by atoms with van der Waals surface area (Å²) in [5.74, 6) is 0.0560. The topological polar surface area (TPSA) is 34.1 Å². The molecule has 4 heteroatoms. The van der Waals surface area contributed by atoms with Gasteiger partial charge in [-0.25, -0.2) is 8.42 Å².